The van der Waals surface area contributed by atoms with Crippen molar-refractivity contribution in [2.45, 2.75) is 52.1 Å². The molecule has 0 aliphatic carbocycles. The van der Waals surface area contributed by atoms with E-state index in [1.165, 1.54) is 50.1 Å². The van der Waals surface area contributed by atoms with Crippen LogP contribution in [0.4, 0.5) is 5.13 Å². The van der Waals surface area contributed by atoms with Crippen molar-refractivity contribution in [3.05, 3.63) is 40.7 Å². The average molecular weight is 414 g/mol. The van der Waals surface area contributed by atoms with Crippen LogP contribution in [0.3, 0.4) is 0 Å². The van der Waals surface area contributed by atoms with Crippen molar-refractivity contribution < 1.29 is 4.79 Å². The summed E-state index contributed by atoms with van der Waals surface area (Å²) in [7, 11) is 0. The lowest BCUT2D eigenvalue weighted by molar-refractivity contribution is 0.0954. The molecular weight excluding hydrogens is 382 g/mol. The van der Waals surface area contributed by atoms with Crippen LogP contribution in [0, 0.1) is 12.8 Å². The fourth-order valence-electron chi connectivity index (χ4n) is 4.45. The third kappa shape index (κ3) is 5.14. The highest BCUT2D eigenvalue weighted by molar-refractivity contribution is 7.17. The monoisotopic (exact) mass is 413 g/mol. The minimum Gasteiger partial charge on any atom is -0.348 e. The van der Waals surface area contributed by atoms with Gasteiger partial charge in [0, 0.05) is 31.9 Å². The smallest absolute Gasteiger partial charge is 0.263 e. The fraction of sp³-hybridized carbons (Fsp3) is 0.591. The summed E-state index contributed by atoms with van der Waals surface area (Å²) in [6.45, 7) is 9.40. The van der Waals surface area contributed by atoms with Crippen LogP contribution >= 0.6 is 11.3 Å². The van der Waals surface area contributed by atoms with Crippen molar-refractivity contribution >= 4 is 22.4 Å². The van der Waals surface area contributed by atoms with Gasteiger partial charge in [-0.3, -0.25) is 14.7 Å². The van der Waals surface area contributed by atoms with Crippen LogP contribution in [-0.4, -0.2) is 53.0 Å². The summed E-state index contributed by atoms with van der Waals surface area (Å²) >= 11 is 1.49. The van der Waals surface area contributed by atoms with Crippen LogP contribution in [0.25, 0.3) is 0 Å². The molecule has 0 saturated carbocycles. The molecule has 2 saturated heterocycles. The molecule has 1 N–H and O–H groups in total. The Bertz CT molecular complexity index is 830. The summed E-state index contributed by atoms with van der Waals surface area (Å²) in [6, 6.07) is 4.65. The van der Waals surface area contributed by atoms with Gasteiger partial charge in [-0.2, -0.15) is 0 Å². The number of hydrogen-bond donors (Lipinski definition) is 1. The number of anilines is 1. The van der Waals surface area contributed by atoms with Crippen LogP contribution in [0.2, 0.25) is 0 Å². The van der Waals surface area contributed by atoms with E-state index in [9.17, 15) is 4.79 Å². The molecule has 0 unspecified atom stereocenters. The number of nitrogens with zero attached hydrogens (tertiary/aromatic N) is 4. The second kappa shape index (κ2) is 9.22. The largest absolute Gasteiger partial charge is 0.348 e. The number of piperidine rings is 2. The Morgan fingerprint density at radius 2 is 2.07 bits per heavy atom. The summed E-state index contributed by atoms with van der Waals surface area (Å²) in [5.74, 6) is 0.756. The number of hydrogen-bond acceptors (Lipinski definition) is 6. The molecule has 2 aliphatic rings. The number of carbonyl (C=O) groups excluding carboxylic acids is 1. The second-order valence-electron chi connectivity index (χ2n) is 8.47. The molecule has 1 amide bonds. The SMILES string of the molecule is Cc1ccnc(CNC(=O)c2cnc(N3CCC(N4CCC[C@@H](C)C4)CC3)s2)c1. The number of amides is 1. The first-order valence-electron chi connectivity index (χ1n) is 10.7. The van der Waals surface area contributed by atoms with Gasteiger partial charge < -0.3 is 10.2 Å². The maximum Gasteiger partial charge on any atom is 0.263 e. The van der Waals surface area contributed by atoms with Gasteiger partial charge in [-0.05, 0) is 62.8 Å². The molecule has 0 bridgehead atoms. The Hall–Kier alpha value is -1.99. The highest BCUT2D eigenvalue weighted by Crippen LogP contribution is 2.28. The molecule has 2 aliphatic heterocycles. The Labute approximate surface area is 177 Å². The number of aromatic nitrogens is 2. The van der Waals surface area contributed by atoms with E-state index in [1.807, 2.05) is 19.1 Å². The van der Waals surface area contributed by atoms with Crippen molar-refractivity contribution in [3.8, 4) is 0 Å². The van der Waals surface area contributed by atoms with E-state index in [4.69, 9.17) is 0 Å². The molecule has 4 rings (SSSR count). The summed E-state index contributed by atoms with van der Waals surface area (Å²) < 4.78 is 0. The second-order valence-corrected chi connectivity index (χ2v) is 9.48. The molecular formula is C22H31N5OS. The van der Waals surface area contributed by atoms with E-state index in [0.717, 1.165) is 35.4 Å². The summed E-state index contributed by atoms with van der Waals surface area (Å²) in [4.78, 5) is 27.0. The van der Waals surface area contributed by atoms with E-state index < -0.39 is 0 Å². The lowest BCUT2D eigenvalue weighted by Gasteiger charge is -2.41. The van der Waals surface area contributed by atoms with Gasteiger partial charge in [0.25, 0.3) is 5.91 Å². The fourth-order valence-corrected chi connectivity index (χ4v) is 5.33. The zero-order chi connectivity index (χ0) is 20.2. The van der Waals surface area contributed by atoms with E-state index in [-0.39, 0.29) is 5.91 Å². The highest BCUT2D eigenvalue weighted by Gasteiger charge is 2.28. The Balaban J connectivity index is 1.28. The molecule has 1 atom stereocenters. The standard InChI is InChI=1S/C22H31N5OS/c1-16-5-8-23-18(12-16)13-24-21(28)20-14-25-22(29-20)26-10-6-19(7-11-26)27-9-3-4-17(2)15-27/h5,8,12,14,17,19H,3-4,6-7,9-11,13,15H2,1-2H3,(H,24,28)/t17-/m1/s1. The van der Waals surface area contributed by atoms with Gasteiger partial charge in [0.15, 0.2) is 5.13 Å². The minimum absolute atomic E-state index is 0.0748. The first kappa shape index (κ1) is 20.3. The molecule has 2 aromatic heterocycles. The molecule has 156 valence electrons. The van der Waals surface area contributed by atoms with Crippen LogP contribution in [0.1, 0.15) is 53.5 Å². The number of likely N-dealkylation sites (tertiary alicyclic amines) is 1. The Morgan fingerprint density at radius 1 is 1.24 bits per heavy atom. The number of pyridine rings is 1. The van der Waals surface area contributed by atoms with Crippen molar-refractivity contribution in [2.75, 3.05) is 31.1 Å². The van der Waals surface area contributed by atoms with Crippen molar-refractivity contribution in [1.29, 1.82) is 0 Å². The van der Waals surface area contributed by atoms with E-state index >= 15 is 0 Å². The van der Waals surface area contributed by atoms with Gasteiger partial charge >= 0.3 is 0 Å². The van der Waals surface area contributed by atoms with Gasteiger partial charge in [-0.1, -0.05) is 18.3 Å². The molecule has 0 radical (unpaired) electrons. The first-order valence-corrected chi connectivity index (χ1v) is 11.5. The van der Waals surface area contributed by atoms with Crippen LogP contribution in [0.5, 0.6) is 0 Å². The maximum atomic E-state index is 12.5. The highest BCUT2D eigenvalue weighted by atomic mass is 32.1. The molecule has 0 aromatic carbocycles. The predicted octanol–water partition coefficient (Wildman–Crippen LogP) is 3.48. The van der Waals surface area contributed by atoms with Crippen molar-refractivity contribution in [1.82, 2.24) is 20.2 Å². The Kier molecular flexibility index (Phi) is 6.45. The molecule has 2 aromatic rings. The number of aryl methyl sites for hydroxylation is 1. The van der Waals surface area contributed by atoms with E-state index in [0.29, 0.717) is 17.5 Å². The Morgan fingerprint density at radius 3 is 2.83 bits per heavy atom. The quantitative estimate of drug-likeness (QED) is 0.813. The summed E-state index contributed by atoms with van der Waals surface area (Å²) in [5, 5.41) is 3.92. The van der Waals surface area contributed by atoms with Gasteiger partial charge in [0.1, 0.15) is 4.88 Å². The minimum atomic E-state index is -0.0748. The van der Waals surface area contributed by atoms with Crippen molar-refractivity contribution in [2.24, 2.45) is 5.92 Å². The van der Waals surface area contributed by atoms with Crippen LogP contribution in [0.15, 0.2) is 24.5 Å². The molecule has 2 fully saturated rings. The average Bonchev–Trinajstić information content (AvgIpc) is 3.23. The van der Waals surface area contributed by atoms with E-state index in [1.54, 1.807) is 12.4 Å². The summed E-state index contributed by atoms with van der Waals surface area (Å²) in [6.07, 6.45) is 8.57. The molecule has 7 heteroatoms. The zero-order valence-corrected chi connectivity index (χ0v) is 18.2. The predicted molar refractivity (Wildman–Crippen MR) is 117 cm³/mol. The van der Waals surface area contributed by atoms with Crippen LogP contribution in [-0.2, 0) is 6.54 Å². The van der Waals surface area contributed by atoms with Gasteiger partial charge in [-0.25, -0.2) is 4.98 Å². The lowest BCUT2D eigenvalue weighted by Crippen LogP contribution is -2.48. The summed E-state index contributed by atoms with van der Waals surface area (Å²) in [5.41, 5.74) is 2.02. The van der Waals surface area contributed by atoms with Crippen LogP contribution < -0.4 is 10.2 Å². The first-order chi connectivity index (χ1) is 14.1. The molecule has 6 nitrogen and oxygen atoms in total. The lowest BCUT2D eigenvalue weighted by atomic mass is 9.95. The topological polar surface area (TPSA) is 61.4 Å². The molecule has 4 heterocycles. The third-order valence-corrected chi connectivity index (χ3v) is 7.12. The molecule has 29 heavy (non-hydrogen) atoms. The normalized spacial score (nSPS) is 21.3. The van der Waals surface area contributed by atoms with Crippen molar-refractivity contribution in [3.63, 3.8) is 0 Å². The zero-order valence-electron chi connectivity index (χ0n) is 17.4. The number of carbonyl (C=O) groups is 1. The van der Waals surface area contributed by atoms with Gasteiger partial charge in [-0.15, -0.1) is 0 Å². The number of thiazole rings is 1. The number of nitrogens with one attached hydrogen (secondary N) is 1. The maximum absolute atomic E-state index is 12.5. The third-order valence-electron chi connectivity index (χ3n) is 6.06. The van der Waals surface area contributed by atoms with Gasteiger partial charge in [0.2, 0.25) is 0 Å². The molecule has 0 spiro atoms. The number of rotatable bonds is 5. The van der Waals surface area contributed by atoms with Gasteiger partial charge in [0.05, 0.1) is 18.4 Å². The van der Waals surface area contributed by atoms with E-state index in [2.05, 4.69) is 32.0 Å².